The summed E-state index contributed by atoms with van der Waals surface area (Å²) >= 11 is 3.49. The summed E-state index contributed by atoms with van der Waals surface area (Å²) in [6, 6.07) is 17.3. The molecule has 0 aliphatic carbocycles. The summed E-state index contributed by atoms with van der Waals surface area (Å²) in [5.74, 6) is 0. The Morgan fingerprint density at radius 3 is 2.48 bits per heavy atom. The van der Waals surface area contributed by atoms with Gasteiger partial charge in [0, 0.05) is 17.3 Å². The van der Waals surface area contributed by atoms with E-state index in [1.165, 1.54) is 16.8 Å². The van der Waals surface area contributed by atoms with Gasteiger partial charge < -0.3 is 10.1 Å². The molecule has 3 heteroatoms. The monoisotopic (exact) mass is 347 g/mol. The van der Waals surface area contributed by atoms with Crippen LogP contribution >= 0.6 is 15.9 Å². The smallest absolute Gasteiger partial charge is 0.0511 e. The molecule has 0 heterocycles. The molecular formula is C18H22BrNO. The second-order valence-corrected chi connectivity index (χ2v) is 5.97. The first-order chi connectivity index (χ1) is 10.2. The maximum Gasteiger partial charge on any atom is 0.0511 e. The summed E-state index contributed by atoms with van der Waals surface area (Å²) in [7, 11) is 1.74. The van der Waals surface area contributed by atoms with Crippen molar-refractivity contribution in [3.63, 3.8) is 0 Å². The first-order valence-corrected chi connectivity index (χ1v) is 8.12. The van der Waals surface area contributed by atoms with Crippen molar-refractivity contribution in [3.05, 3.63) is 64.1 Å². The molecule has 112 valence electrons. The van der Waals surface area contributed by atoms with Crippen LogP contribution < -0.4 is 5.32 Å². The Morgan fingerprint density at radius 1 is 1.10 bits per heavy atom. The van der Waals surface area contributed by atoms with E-state index in [4.69, 9.17) is 4.74 Å². The summed E-state index contributed by atoms with van der Waals surface area (Å²) < 4.78 is 6.31. The van der Waals surface area contributed by atoms with Gasteiger partial charge in [0.15, 0.2) is 0 Å². The summed E-state index contributed by atoms with van der Waals surface area (Å²) in [4.78, 5) is 0. The Bertz CT molecular complexity index is 553. The van der Waals surface area contributed by atoms with Gasteiger partial charge in [-0.1, -0.05) is 53.2 Å². The van der Waals surface area contributed by atoms with Crippen LogP contribution in [-0.2, 0) is 11.2 Å². The zero-order valence-electron chi connectivity index (χ0n) is 12.6. The molecule has 0 radical (unpaired) electrons. The second-order valence-electron chi connectivity index (χ2n) is 5.06. The highest BCUT2D eigenvalue weighted by Crippen LogP contribution is 2.26. The number of benzene rings is 2. The van der Waals surface area contributed by atoms with Crippen LogP contribution in [0.1, 0.15) is 30.5 Å². The van der Waals surface area contributed by atoms with Crippen LogP contribution in [0, 0.1) is 0 Å². The summed E-state index contributed by atoms with van der Waals surface area (Å²) in [5.41, 5.74) is 3.81. The van der Waals surface area contributed by atoms with Crippen LogP contribution in [0.15, 0.2) is 53.0 Å². The van der Waals surface area contributed by atoms with Crippen molar-refractivity contribution in [2.45, 2.75) is 25.8 Å². The molecule has 1 N–H and O–H groups in total. The van der Waals surface area contributed by atoms with E-state index in [2.05, 4.69) is 76.7 Å². The maximum atomic E-state index is 5.20. The fourth-order valence-electron chi connectivity index (χ4n) is 2.40. The van der Waals surface area contributed by atoms with E-state index in [-0.39, 0.29) is 0 Å². The summed E-state index contributed by atoms with van der Waals surface area (Å²) in [6.07, 6.45) is 1.97. The van der Waals surface area contributed by atoms with Crippen LogP contribution in [0.4, 0.5) is 5.69 Å². The molecule has 0 amide bonds. The lowest BCUT2D eigenvalue weighted by molar-refractivity contribution is 0.202. The maximum absolute atomic E-state index is 5.20. The molecule has 0 aliphatic rings. The molecule has 2 nitrogen and oxygen atoms in total. The summed E-state index contributed by atoms with van der Waals surface area (Å²) in [6.45, 7) is 2.95. The first kappa shape index (κ1) is 16.1. The van der Waals surface area contributed by atoms with Gasteiger partial charge in [0.1, 0.15) is 0 Å². The average molecular weight is 348 g/mol. The number of anilines is 1. The van der Waals surface area contributed by atoms with Gasteiger partial charge >= 0.3 is 0 Å². The van der Waals surface area contributed by atoms with Crippen molar-refractivity contribution >= 4 is 21.6 Å². The number of methoxy groups -OCH3 is 1. The molecule has 2 aromatic rings. The highest BCUT2D eigenvalue weighted by Gasteiger charge is 2.11. The zero-order chi connectivity index (χ0) is 15.1. The molecule has 0 bridgehead atoms. The van der Waals surface area contributed by atoms with E-state index in [9.17, 15) is 0 Å². The third kappa shape index (κ3) is 4.58. The van der Waals surface area contributed by atoms with Crippen LogP contribution in [-0.4, -0.2) is 13.7 Å². The highest BCUT2D eigenvalue weighted by molar-refractivity contribution is 9.10. The predicted molar refractivity (Wildman–Crippen MR) is 92.8 cm³/mol. The van der Waals surface area contributed by atoms with Crippen LogP contribution in [0.2, 0.25) is 0 Å². The molecule has 2 aromatic carbocycles. The lowest BCUT2D eigenvalue weighted by atomic mass is 10.0. The van der Waals surface area contributed by atoms with Crippen LogP contribution in [0.3, 0.4) is 0 Å². The minimum atomic E-state index is 0.321. The minimum Gasteiger partial charge on any atom is -0.384 e. The van der Waals surface area contributed by atoms with Gasteiger partial charge in [-0.2, -0.15) is 0 Å². The van der Waals surface area contributed by atoms with E-state index < -0.39 is 0 Å². The molecule has 1 unspecified atom stereocenters. The number of hydrogen-bond acceptors (Lipinski definition) is 2. The van der Waals surface area contributed by atoms with Crippen molar-refractivity contribution in [3.8, 4) is 0 Å². The van der Waals surface area contributed by atoms with Gasteiger partial charge in [-0.3, -0.25) is 0 Å². The molecular weight excluding hydrogens is 326 g/mol. The Balaban J connectivity index is 2.16. The van der Waals surface area contributed by atoms with E-state index >= 15 is 0 Å². The molecule has 0 fully saturated rings. The zero-order valence-corrected chi connectivity index (χ0v) is 14.2. The van der Waals surface area contributed by atoms with Gasteiger partial charge in [0.25, 0.3) is 0 Å². The molecule has 0 aromatic heterocycles. The van der Waals surface area contributed by atoms with Crippen molar-refractivity contribution in [1.29, 1.82) is 0 Å². The normalized spacial score (nSPS) is 12.1. The van der Waals surface area contributed by atoms with Gasteiger partial charge in [0.05, 0.1) is 12.6 Å². The van der Waals surface area contributed by atoms with E-state index in [0.717, 1.165) is 23.9 Å². The Labute approximate surface area is 135 Å². The van der Waals surface area contributed by atoms with Crippen LogP contribution in [0.25, 0.3) is 0 Å². The lowest BCUT2D eigenvalue weighted by Gasteiger charge is -2.21. The topological polar surface area (TPSA) is 21.3 Å². The van der Waals surface area contributed by atoms with Crippen molar-refractivity contribution < 1.29 is 4.74 Å². The summed E-state index contributed by atoms with van der Waals surface area (Å²) in [5, 5.41) is 3.67. The Morgan fingerprint density at radius 2 is 1.81 bits per heavy atom. The van der Waals surface area contributed by atoms with Gasteiger partial charge in [-0.15, -0.1) is 0 Å². The van der Waals surface area contributed by atoms with Gasteiger partial charge in [-0.25, -0.2) is 0 Å². The van der Waals surface area contributed by atoms with E-state index in [0.29, 0.717) is 6.04 Å². The molecule has 0 saturated heterocycles. The Kier molecular flexibility index (Phi) is 6.27. The Hall–Kier alpha value is -1.32. The lowest BCUT2D eigenvalue weighted by Crippen LogP contribution is -2.11. The number of rotatable bonds is 7. The average Bonchev–Trinajstić information content (AvgIpc) is 2.52. The number of para-hydroxylation sites is 1. The van der Waals surface area contributed by atoms with Crippen LogP contribution in [0.5, 0.6) is 0 Å². The highest BCUT2D eigenvalue weighted by atomic mass is 79.9. The third-order valence-electron chi connectivity index (χ3n) is 3.60. The standard InChI is InChI=1S/C18H22BrNO/c1-3-17(15-8-10-16(19)11-9-15)20-18-7-5-4-6-14(18)12-13-21-2/h4-11,17,20H,3,12-13H2,1-2H3. The third-order valence-corrected chi connectivity index (χ3v) is 4.13. The number of hydrogen-bond donors (Lipinski definition) is 1. The minimum absolute atomic E-state index is 0.321. The number of nitrogens with one attached hydrogen (secondary N) is 1. The number of ether oxygens (including phenoxy) is 1. The van der Waals surface area contributed by atoms with Gasteiger partial charge in [-0.05, 0) is 42.2 Å². The second kappa shape index (κ2) is 8.20. The van der Waals surface area contributed by atoms with Crippen molar-refractivity contribution in [2.24, 2.45) is 0 Å². The van der Waals surface area contributed by atoms with Gasteiger partial charge in [0.2, 0.25) is 0 Å². The SMILES string of the molecule is CCC(Nc1ccccc1CCOC)c1ccc(Br)cc1. The fourth-order valence-corrected chi connectivity index (χ4v) is 2.66. The molecule has 1 atom stereocenters. The fraction of sp³-hybridized carbons (Fsp3) is 0.333. The quantitative estimate of drug-likeness (QED) is 0.742. The predicted octanol–water partition coefficient (Wildman–Crippen LogP) is 5.20. The molecule has 0 aliphatic heterocycles. The first-order valence-electron chi connectivity index (χ1n) is 7.33. The van der Waals surface area contributed by atoms with E-state index in [1.54, 1.807) is 7.11 Å². The largest absolute Gasteiger partial charge is 0.384 e. The molecule has 2 rings (SSSR count). The molecule has 21 heavy (non-hydrogen) atoms. The number of halogens is 1. The van der Waals surface area contributed by atoms with E-state index in [1.807, 2.05) is 0 Å². The van der Waals surface area contributed by atoms with Crippen molar-refractivity contribution in [1.82, 2.24) is 0 Å². The van der Waals surface area contributed by atoms with Crippen molar-refractivity contribution in [2.75, 3.05) is 19.0 Å². The molecule has 0 saturated carbocycles. The molecule has 0 spiro atoms.